The molecule has 1 aromatic carbocycles. The van der Waals surface area contributed by atoms with E-state index in [-0.39, 0.29) is 0 Å². The van der Waals surface area contributed by atoms with Gasteiger partial charge in [-0.05, 0) is 30.7 Å². The normalized spacial score (nSPS) is 10.7. The maximum absolute atomic E-state index is 5.80. The molecule has 0 saturated carbocycles. The van der Waals surface area contributed by atoms with Crippen molar-refractivity contribution in [3.05, 3.63) is 41.2 Å². The highest BCUT2D eigenvalue weighted by Gasteiger charge is 2.01. The van der Waals surface area contributed by atoms with Crippen LogP contribution < -0.4 is 16.6 Å². The van der Waals surface area contributed by atoms with Gasteiger partial charge in [-0.2, -0.15) is 0 Å². The quantitative estimate of drug-likeness (QED) is 0.561. The highest BCUT2D eigenvalue weighted by atomic mass is 35.5. The number of nitrogens with two attached hydrogens (primary N) is 2. The van der Waals surface area contributed by atoms with Crippen LogP contribution in [0.5, 0.6) is 0 Å². The zero-order valence-corrected chi connectivity index (χ0v) is 8.12. The molecule has 0 aliphatic heterocycles. The molecule has 0 aliphatic carbocycles. The number of hydrogen-bond donors (Lipinski definition) is 2. The number of hydrazine groups is 1. The van der Waals surface area contributed by atoms with Gasteiger partial charge in [0.15, 0.2) is 0 Å². The van der Waals surface area contributed by atoms with Gasteiger partial charge in [0.25, 0.3) is 0 Å². The first-order chi connectivity index (χ1) is 6.15. The second kappa shape index (κ2) is 4.16. The third kappa shape index (κ3) is 2.37. The Morgan fingerprint density at radius 1 is 1.46 bits per heavy atom. The molecule has 4 N–H and O–H groups in total. The molecule has 0 bridgehead atoms. The van der Waals surface area contributed by atoms with Crippen LogP contribution in [0.25, 0.3) is 0 Å². The Hall–Kier alpha value is -1.19. The van der Waals surface area contributed by atoms with E-state index in [0.29, 0.717) is 5.02 Å². The minimum Gasteiger partial charge on any atom is -0.403 e. The summed E-state index contributed by atoms with van der Waals surface area (Å²) in [5.41, 5.74) is 7.11. The summed E-state index contributed by atoms with van der Waals surface area (Å²) in [5.74, 6) is 5.68. The van der Waals surface area contributed by atoms with Crippen molar-refractivity contribution in [3.8, 4) is 0 Å². The highest BCUT2D eigenvalue weighted by molar-refractivity contribution is 6.30. The second-order valence-electron chi connectivity index (χ2n) is 2.68. The standard InChI is InChI=1S/C9H12ClN3/c1-7-6-8(10)2-3-9(7)13(12)5-4-11/h2-6H,11-12H2,1H3/b5-4-. The molecule has 0 saturated heterocycles. The summed E-state index contributed by atoms with van der Waals surface area (Å²) in [6.07, 6.45) is 2.96. The van der Waals surface area contributed by atoms with Gasteiger partial charge in [-0.1, -0.05) is 11.6 Å². The van der Waals surface area contributed by atoms with Crippen molar-refractivity contribution in [1.29, 1.82) is 0 Å². The number of halogens is 1. The maximum Gasteiger partial charge on any atom is 0.0599 e. The summed E-state index contributed by atoms with van der Waals surface area (Å²) in [6.45, 7) is 1.94. The molecule has 13 heavy (non-hydrogen) atoms. The van der Waals surface area contributed by atoms with Crippen LogP contribution in [0.2, 0.25) is 5.02 Å². The largest absolute Gasteiger partial charge is 0.403 e. The van der Waals surface area contributed by atoms with E-state index < -0.39 is 0 Å². The van der Waals surface area contributed by atoms with Crippen LogP contribution in [-0.2, 0) is 0 Å². The Balaban J connectivity index is 3.01. The first kappa shape index (κ1) is 9.89. The van der Waals surface area contributed by atoms with Crippen LogP contribution in [0, 0.1) is 6.92 Å². The van der Waals surface area contributed by atoms with E-state index in [9.17, 15) is 0 Å². The fraction of sp³-hybridized carbons (Fsp3) is 0.111. The molecule has 0 heterocycles. The molecule has 4 heteroatoms. The smallest absolute Gasteiger partial charge is 0.0599 e. The lowest BCUT2D eigenvalue weighted by Crippen LogP contribution is -2.25. The van der Waals surface area contributed by atoms with Crippen molar-refractivity contribution in [3.63, 3.8) is 0 Å². The van der Waals surface area contributed by atoms with E-state index in [4.69, 9.17) is 23.2 Å². The summed E-state index contributed by atoms with van der Waals surface area (Å²) >= 11 is 5.80. The average Bonchev–Trinajstić information content (AvgIpc) is 2.04. The van der Waals surface area contributed by atoms with Gasteiger partial charge in [-0.3, -0.25) is 5.01 Å². The van der Waals surface area contributed by atoms with Gasteiger partial charge >= 0.3 is 0 Å². The number of aryl methyl sites for hydroxylation is 1. The Kier molecular flexibility index (Phi) is 3.17. The topological polar surface area (TPSA) is 55.3 Å². The molecule has 0 fully saturated rings. The van der Waals surface area contributed by atoms with Crippen LogP contribution >= 0.6 is 11.6 Å². The van der Waals surface area contributed by atoms with Crippen LogP contribution in [0.3, 0.4) is 0 Å². The molecule has 0 unspecified atom stereocenters. The summed E-state index contributed by atoms with van der Waals surface area (Å²) in [7, 11) is 0. The molecule has 1 aromatic rings. The Labute approximate surface area is 82.5 Å². The summed E-state index contributed by atoms with van der Waals surface area (Å²) in [5, 5.41) is 2.15. The van der Waals surface area contributed by atoms with Crippen LogP contribution in [-0.4, -0.2) is 0 Å². The monoisotopic (exact) mass is 197 g/mol. The predicted molar refractivity (Wildman–Crippen MR) is 56.2 cm³/mol. The fourth-order valence-corrected chi connectivity index (χ4v) is 1.31. The van der Waals surface area contributed by atoms with Crippen LogP contribution in [0.1, 0.15) is 5.56 Å². The summed E-state index contributed by atoms with van der Waals surface area (Å²) < 4.78 is 0. The molecular weight excluding hydrogens is 186 g/mol. The molecule has 0 atom stereocenters. The predicted octanol–water partition coefficient (Wildman–Crippen LogP) is 1.76. The minimum absolute atomic E-state index is 0.700. The molecular formula is C9H12ClN3. The van der Waals surface area contributed by atoms with E-state index in [0.717, 1.165) is 11.3 Å². The number of hydrogen-bond acceptors (Lipinski definition) is 3. The molecule has 0 aromatic heterocycles. The van der Waals surface area contributed by atoms with E-state index in [2.05, 4.69) is 0 Å². The Morgan fingerprint density at radius 3 is 2.69 bits per heavy atom. The molecule has 3 nitrogen and oxygen atoms in total. The van der Waals surface area contributed by atoms with Crippen molar-refractivity contribution < 1.29 is 0 Å². The fourth-order valence-electron chi connectivity index (χ4n) is 1.08. The van der Waals surface area contributed by atoms with E-state index in [1.165, 1.54) is 11.2 Å². The van der Waals surface area contributed by atoms with Gasteiger partial charge < -0.3 is 5.73 Å². The first-order valence-electron chi connectivity index (χ1n) is 3.83. The van der Waals surface area contributed by atoms with Gasteiger partial charge in [0.1, 0.15) is 0 Å². The molecule has 1 rings (SSSR count). The lowest BCUT2D eigenvalue weighted by Gasteiger charge is -2.15. The molecule has 0 amide bonds. The van der Waals surface area contributed by atoms with Gasteiger partial charge in [-0.25, -0.2) is 5.84 Å². The van der Waals surface area contributed by atoms with Crippen molar-refractivity contribution in [2.45, 2.75) is 6.92 Å². The lowest BCUT2D eigenvalue weighted by molar-refractivity contribution is 1.06. The first-order valence-corrected chi connectivity index (χ1v) is 4.21. The average molecular weight is 198 g/mol. The van der Waals surface area contributed by atoms with Crippen molar-refractivity contribution >= 4 is 17.3 Å². The third-order valence-corrected chi connectivity index (χ3v) is 1.92. The highest BCUT2D eigenvalue weighted by Crippen LogP contribution is 2.21. The SMILES string of the molecule is Cc1cc(Cl)ccc1N(N)/C=C\N. The van der Waals surface area contributed by atoms with Crippen LogP contribution in [0.15, 0.2) is 30.6 Å². The molecule has 0 radical (unpaired) electrons. The number of nitrogens with zero attached hydrogens (tertiary/aromatic N) is 1. The van der Waals surface area contributed by atoms with E-state index in [1.54, 1.807) is 12.3 Å². The third-order valence-electron chi connectivity index (χ3n) is 1.68. The lowest BCUT2D eigenvalue weighted by atomic mass is 10.2. The number of anilines is 1. The van der Waals surface area contributed by atoms with Gasteiger partial charge in [-0.15, -0.1) is 0 Å². The molecule has 70 valence electrons. The van der Waals surface area contributed by atoms with E-state index in [1.807, 2.05) is 19.1 Å². The van der Waals surface area contributed by atoms with Gasteiger partial charge in [0.2, 0.25) is 0 Å². The van der Waals surface area contributed by atoms with Crippen LogP contribution in [0.4, 0.5) is 5.69 Å². The number of benzene rings is 1. The van der Waals surface area contributed by atoms with E-state index >= 15 is 0 Å². The number of rotatable bonds is 2. The molecule has 0 aliphatic rings. The Bertz CT molecular complexity index is 323. The summed E-state index contributed by atoms with van der Waals surface area (Å²) in [6, 6.07) is 5.48. The van der Waals surface area contributed by atoms with Crippen molar-refractivity contribution in [2.75, 3.05) is 5.01 Å². The Morgan fingerprint density at radius 2 is 2.15 bits per heavy atom. The van der Waals surface area contributed by atoms with Crippen molar-refractivity contribution in [2.24, 2.45) is 11.6 Å². The zero-order chi connectivity index (χ0) is 9.84. The minimum atomic E-state index is 0.700. The second-order valence-corrected chi connectivity index (χ2v) is 3.12. The zero-order valence-electron chi connectivity index (χ0n) is 7.37. The van der Waals surface area contributed by atoms with Gasteiger partial charge in [0.05, 0.1) is 5.69 Å². The molecule has 0 spiro atoms. The maximum atomic E-state index is 5.80. The van der Waals surface area contributed by atoms with Crippen molar-refractivity contribution in [1.82, 2.24) is 0 Å². The van der Waals surface area contributed by atoms with Gasteiger partial charge in [0, 0.05) is 17.4 Å². The summed E-state index contributed by atoms with van der Waals surface area (Å²) in [4.78, 5) is 0.